The Balaban J connectivity index is 1.66. The summed E-state index contributed by atoms with van der Waals surface area (Å²) in [6.07, 6.45) is 3.01. The van der Waals surface area contributed by atoms with E-state index in [-0.39, 0.29) is 11.8 Å². The second-order valence-corrected chi connectivity index (χ2v) is 6.75. The molecule has 1 N–H and O–H groups in total. The van der Waals surface area contributed by atoms with E-state index in [1.165, 1.54) is 6.42 Å². The molecule has 3 rings (SSSR count). The van der Waals surface area contributed by atoms with Gasteiger partial charge in [-0.15, -0.1) is 0 Å². The lowest BCUT2D eigenvalue weighted by atomic mass is 9.92. The fourth-order valence-corrected chi connectivity index (χ4v) is 3.70. The zero-order chi connectivity index (χ0) is 15.5. The first-order chi connectivity index (χ1) is 10.7. The van der Waals surface area contributed by atoms with Crippen molar-refractivity contribution in [2.24, 2.45) is 11.8 Å². The Morgan fingerprint density at radius 2 is 2.36 bits per heavy atom. The third-order valence-electron chi connectivity index (χ3n) is 4.60. The molecule has 22 heavy (non-hydrogen) atoms. The molecule has 1 fully saturated rings. The smallest absolute Gasteiger partial charge is 0.229 e. The Morgan fingerprint density at radius 1 is 1.50 bits per heavy atom. The van der Waals surface area contributed by atoms with Gasteiger partial charge in [0.25, 0.3) is 0 Å². The van der Waals surface area contributed by atoms with E-state index in [2.05, 4.69) is 5.32 Å². The van der Waals surface area contributed by atoms with Crippen LogP contribution in [0.4, 0.5) is 0 Å². The highest BCUT2D eigenvalue weighted by atomic mass is 35.5. The van der Waals surface area contributed by atoms with Gasteiger partial charge in [0.2, 0.25) is 5.91 Å². The molecule has 2 aliphatic rings. The van der Waals surface area contributed by atoms with Crippen LogP contribution < -0.4 is 10.1 Å². The summed E-state index contributed by atoms with van der Waals surface area (Å²) in [5.74, 6) is 1.57. The number of nitrogens with zero attached hydrogens (tertiary/aromatic N) is 1. The summed E-state index contributed by atoms with van der Waals surface area (Å²) in [6, 6.07) is 5.63. The number of ether oxygens (including phenoxy) is 1. The van der Waals surface area contributed by atoms with Gasteiger partial charge in [-0.2, -0.15) is 0 Å². The number of carbonyl (C=O) groups excluding carboxylic acids is 1. The summed E-state index contributed by atoms with van der Waals surface area (Å²) in [5, 5.41) is 3.92. The first-order valence-corrected chi connectivity index (χ1v) is 8.39. The lowest BCUT2D eigenvalue weighted by Crippen LogP contribution is -2.47. The number of hydrogen-bond acceptors (Lipinski definition) is 3. The van der Waals surface area contributed by atoms with E-state index in [1.807, 2.05) is 30.1 Å². The van der Waals surface area contributed by atoms with E-state index in [9.17, 15) is 4.79 Å². The van der Waals surface area contributed by atoms with E-state index in [0.717, 1.165) is 43.8 Å². The summed E-state index contributed by atoms with van der Waals surface area (Å²) >= 11 is 6.05. The molecule has 0 saturated carbocycles. The van der Waals surface area contributed by atoms with Crippen LogP contribution in [0, 0.1) is 11.8 Å². The van der Waals surface area contributed by atoms with Crippen LogP contribution >= 0.6 is 11.6 Å². The molecule has 2 aliphatic heterocycles. The molecule has 0 spiro atoms. The Labute approximate surface area is 136 Å². The lowest BCUT2D eigenvalue weighted by Gasteiger charge is -2.36. The lowest BCUT2D eigenvalue weighted by molar-refractivity contribution is -0.138. The normalized spacial score (nSPS) is 24.5. The highest BCUT2D eigenvalue weighted by molar-refractivity contribution is 6.30. The number of fused-ring (bicyclic) bond motifs is 1. The minimum absolute atomic E-state index is 0.0840. The quantitative estimate of drug-likeness (QED) is 0.929. The molecule has 5 heteroatoms. The maximum atomic E-state index is 12.8. The summed E-state index contributed by atoms with van der Waals surface area (Å²) in [7, 11) is 1.97. The SMILES string of the molecule is CNC[C@@H]1CCCN(C(=O)[C@H]2COc3ccc(Cl)cc3C2)C1. The highest BCUT2D eigenvalue weighted by Gasteiger charge is 2.32. The van der Waals surface area contributed by atoms with Crippen LogP contribution in [-0.4, -0.2) is 44.1 Å². The maximum Gasteiger partial charge on any atom is 0.229 e. The molecule has 1 saturated heterocycles. The van der Waals surface area contributed by atoms with Crippen molar-refractivity contribution in [1.82, 2.24) is 10.2 Å². The van der Waals surface area contributed by atoms with Gasteiger partial charge in [-0.25, -0.2) is 0 Å². The Bertz CT molecular complexity index is 547. The summed E-state index contributed by atoms with van der Waals surface area (Å²) in [4.78, 5) is 14.8. The number of likely N-dealkylation sites (tertiary alicyclic amines) is 1. The minimum atomic E-state index is -0.0840. The topological polar surface area (TPSA) is 41.6 Å². The molecule has 0 aromatic heterocycles. The summed E-state index contributed by atoms with van der Waals surface area (Å²) < 4.78 is 5.76. The van der Waals surface area contributed by atoms with Crippen molar-refractivity contribution in [1.29, 1.82) is 0 Å². The van der Waals surface area contributed by atoms with Crippen LogP contribution in [0.25, 0.3) is 0 Å². The molecule has 0 unspecified atom stereocenters. The van der Waals surface area contributed by atoms with Gasteiger partial charge in [0.15, 0.2) is 0 Å². The van der Waals surface area contributed by atoms with Crippen LogP contribution in [-0.2, 0) is 11.2 Å². The molecule has 0 radical (unpaired) electrons. The van der Waals surface area contributed by atoms with Crippen molar-refractivity contribution in [3.63, 3.8) is 0 Å². The van der Waals surface area contributed by atoms with Crippen molar-refractivity contribution < 1.29 is 9.53 Å². The number of amides is 1. The van der Waals surface area contributed by atoms with E-state index in [4.69, 9.17) is 16.3 Å². The first kappa shape index (κ1) is 15.6. The van der Waals surface area contributed by atoms with Gasteiger partial charge in [0.1, 0.15) is 12.4 Å². The number of benzene rings is 1. The molecular formula is C17H23ClN2O2. The third-order valence-corrected chi connectivity index (χ3v) is 4.84. The van der Waals surface area contributed by atoms with Crippen molar-refractivity contribution in [2.75, 3.05) is 33.3 Å². The molecule has 1 aromatic rings. The highest BCUT2D eigenvalue weighted by Crippen LogP contribution is 2.31. The van der Waals surface area contributed by atoms with Crippen LogP contribution in [0.1, 0.15) is 18.4 Å². The molecule has 2 heterocycles. The maximum absolute atomic E-state index is 12.8. The molecule has 1 amide bonds. The Kier molecular flexibility index (Phi) is 4.89. The monoisotopic (exact) mass is 322 g/mol. The van der Waals surface area contributed by atoms with Gasteiger partial charge in [-0.1, -0.05) is 11.6 Å². The fraction of sp³-hybridized carbons (Fsp3) is 0.588. The summed E-state index contributed by atoms with van der Waals surface area (Å²) in [6.45, 7) is 3.18. The molecule has 0 bridgehead atoms. The number of carbonyl (C=O) groups is 1. The van der Waals surface area contributed by atoms with Gasteiger partial charge >= 0.3 is 0 Å². The predicted octanol–water partition coefficient (Wildman–Crippen LogP) is 2.35. The van der Waals surface area contributed by atoms with Crippen molar-refractivity contribution in [2.45, 2.75) is 19.3 Å². The van der Waals surface area contributed by atoms with Gasteiger partial charge < -0.3 is 15.0 Å². The van der Waals surface area contributed by atoms with Crippen LogP contribution in [0.3, 0.4) is 0 Å². The zero-order valence-corrected chi connectivity index (χ0v) is 13.7. The first-order valence-electron chi connectivity index (χ1n) is 8.02. The van der Waals surface area contributed by atoms with Crippen molar-refractivity contribution >= 4 is 17.5 Å². The Morgan fingerprint density at radius 3 is 3.18 bits per heavy atom. The average Bonchev–Trinajstić information content (AvgIpc) is 2.54. The molecule has 4 nitrogen and oxygen atoms in total. The molecule has 0 aliphatic carbocycles. The second kappa shape index (κ2) is 6.88. The predicted molar refractivity (Wildman–Crippen MR) is 87.4 cm³/mol. The molecule has 1 aromatic carbocycles. The number of rotatable bonds is 3. The molecular weight excluding hydrogens is 300 g/mol. The van der Waals surface area contributed by atoms with E-state index >= 15 is 0 Å². The van der Waals surface area contributed by atoms with E-state index in [1.54, 1.807) is 0 Å². The summed E-state index contributed by atoms with van der Waals surface area (Å²) in [5.41, 5.74) is 1.04. The second-order valence-electron chi connectivity index (χ2n) is 6.31. The number of halogens is 1. The molecule has 120 valence electrons. The molecule has 2 atom stereocenters. The van der Waals surface area contributed by atoms with E-state index < -0.39 is 0 Å². The minimum Gasteiger partial charge on any atom is -0.492 e. The van der Waals surface area contributed by atoms with Crippen LogP contribution in [0.15, 0.2) is 18.2 Å². The van der Waals surface area contributed by atoms with Crippen LogP contribution in [0.5, 0.6) is 5.75 Å². The van der Waals surface area contributed by atoms with Gasteiger partial charge in [0, 0.05) is 18.1 Å². The van der Waals surface area contributed by atoms with Gasteiger partial charge in [0.05, 0.1) is 5.92 Å². The largest absolute Gasteiger partial charge is 0.492 e. The van der Waals surface area contributed by atoms with Crippen molar-refractivity contribution in [3.8, 4) is 5.75 Å². The Hall–Kier alpha value is -1.26. The third kappa shape index (κ3) is 3.39. The number of piperidine rings is 1. The number of hydrogen-bond donors (Lipinski definition) is 1. The van der Waals surface area contributed by atoms with E-state index in [0.29, 0.717) is 17.5 Å². The van der Waals surface area contributed by atoms with Crippen molar-refractivity contribution in [3.05, 3.63) is 28.8 Å². The average molecular weight is 323 g/mol. The van der Waals surface area contributed by atoms with Gasteiger partial charge in [-0.05, 0) is 62.5 Å². The standard InChI is InChI=1S/C17H23ClN2O2/c1-19-9-12-3-2-6-20(10-12)17(21)14-7-13-8-15(18)4-5-16(13)22-11-14/h4-5,8,12,14,19H,2-3,6-7,9-11H2,1H3/t12-,14+/m0/s1. The van der Waals surface area contributed by atoms with Gasteiger partial charge in [-0.3, -0.25) is 4.79 Å². The van der Waals surface area contributed by atoms with Crippen LogP contribution in [0.2, 0.25) is 5.02 Å². The number of nitrogens with one attached hydrogen (secondary N) is 1. The zero-order valence-electron chi connectivity index (χ0n) is 13.0. The fourth-order valence-electron chi connectivity index (χ4n) is 3.50.